The predicted molar refractivity (Wildman–Crippen MR) is 118 cm³/mol. The van der Waals surface area contributed by atoms with E-state index in [1.165, 1.54) is 12.8 Å². The highest BCUT2D eigenvalue weighted by Crippen LogP contribution is 2.28. The fraction of sp³-hybridized carbons (Fsp3) is 0.545. The van der Waals surface area contributed by atoms with Crippen molar-refractivity contribution in [2.45, 2.75) is 25.3 Å². The van der Waals surface area contributed by atoms with Gasteiger partial charge in [-0.2, -0.15) is 0 Å². The highest BCUT2D eigenvalue weighted by molar-refractivity contribution is 7.91. The van der Waals surface area contributed by atoms with Gasteiger partial charge in [-0.05, 0) is 43.5 Å². The lowest BCUT2D eigenvalue weighted by Crippen LogP contribution is -2.43. The molecule has 0 bridgehead atoms. The van der Waals surface area contributed by atoms with Crippen LogP contribution in [-0.2, 0) is 9.84 Å². The molecule has 0 radical (unpaired) electrons. The fourth-order valence-corrected chi connectivity index (χ4v) is 5.80. The molecule has 8 nitrogen and oxygen atoms in total. The van der Waals surface area contributed by atoms with E-state index in [4.69, 9.17) is 0 Å². The number of sulfone groups is 1. The van der Waals surface area contributed by atoms with E-state index < -0.39 is 9.84 Å². The summed E-state index contributed by atoms with van der Waals surface area (Å²) in [7, 11) is -3.04. The zero-order valence-corrected chi connectivity index (χ0v) is 18.4. The standard InChI is InChI=1S/C22H28N4O4S/c27-21(25-7-1-6-24(8-9-25)18-3-4-18)16-2-5-19-17(14-16)15-20(23-19)22(28)26-10-12-31(29,30)13-11-26/h2,5,14-15,18,23H,1,3-4,6-13H2. The summed E-state index contributed by atoms with van der Waals surface area (Å²) in [5.41, 5.74) is 1.85. The molecule has 2 aromatic rings. The summed E-state index contributed by atoms with van der Waals surface area (Å²) in [4.78, 5) is 35.0. The van der Waals surface area contributed by atoms with Crippen LogP contribution in [0.5, 0.6) is 0 Å². The molecule has 2 aliphatic heterocycles. The molecule has 3 aliphatic rings. The number of aromatic nitrogens is 1. The molecule has 5 rings (SSSR count). The van der Waals surface area contributed by atoms with E-state index in [9.17, 15) is 18.0 Å². The van der Waals surface area contributed by atoms with Gasteiger partial charge in [0, 0.05) is 61.8 Å². The highest BCUT2D eigenvalue weighted by Gasteiger charge is 2.31. The van der Waals surface area contributed by atoms with Crippen molar-refractivity contribution in [2.24, 2.45) is 0 Å². The van der Waals surface area contributed by atoms with E-state index in [0.717, 1.165) is 49.5 Å². The van der Waals surface area contributed by atoms with E-state index >= 15 is 0 Å². The molecule has 1 aliphatic carbocycles. The summed E-state index contributed by atoms with van der Waals surface area (Å²) in [6.07, 6.45) is 3.57. The van der Waals surface area contributed by atoms with Gasteiger partial charge >= 0.3 is 0 Å². The van der Waals surface area contributed by atoms with Crippen LogP contribution in [-0.4, -0.2) is 96.7 Å². The van der Waals surface area contributed by atoms with Crippen LogP contribution in [0, 0.1) is 0 Å². The molecule has 0 spiro atoms. The van der Waals surface area contributed by atoms with Crippen molar-refractivity contribution in [3.63, 3.8) is 0 Å². The number of nitrogens with one attached hydrogen (secondary N) is 1. The number of nitrogens with zero attached hydrogens (tertiary/aromatic N) is 3. The summed E-state index contributed by atoms with van der Waals surface area (Å²) in [6.45, 7) is 3.96. The van der Waals surface area contributed by atoms with Gasteiger partial charge in [-0.25, -0.2) is 8.42 Å². The van der Waals surface area contributed by atoms with Crippen molar-refractivity contribution in [3.8, 4) is 0 Å². The van der Waals surface area contributed by atoms with Crippen molar-refractivity contribution >= 4 is 32.6 Å². The Balaban J connectivity index is 1.30. The number of benzene rings is 1. The summed E-state index contributed by atoms with van der Waals surface area (Å²) >= 11 is 0. The van der Waals surface area contributed by atoms with E-state index in [0.29, 0.717) is 11.3 Å². The molecule has 1 aromatic carbocycles. The van der Waals surface area contributed by atoms with Crippen molar-refractivity contribution in [3.05, 3.63) is 35.5 Å². The number of amides is 2. The fourth-order valence-electron chi connectivity index (χ4n) is 4.59. The molecule has 1 aromatic heterocycles. The van der Waals surface area contributed by atoms with Crippen LogP contribution in [0.25, 0.3) is 10.9 Å². The lowest BCUT2D eigenvalue weighted by Gasteiger charge is -2.26. The molecule has 2 saturated heterocycles. The van der Waals surface area contributed by atoms with Crippen LogP contribution in [0.1, 0.15) is 40.1 Å². The number of hydrogen-bond donors (Lipinski definition) is 1. The first kappa shape index (κ1) is 20.5. The van der Waals surface area contributed by atoms with Gasteiger partial charge in [0.25, 0.3) is 11.8 Å². The topological polar surface area (TPSA) is 93.8 Å². The van der Waals surface area contributed by atoms with Crippen LogP contribution in [0.4, 0.5) is 0 Å². The second-order valence-corrected chi connectivity index (χ2v) is 11.1. The third kappa shape index (κ3) is 4.34. The Bertz CT molecular complexity index is 1110. The zero-order chi connectivity index (χ0) is 21.6. The Morgan fingerprint density at radius 3 is 2.35 bits per heavy atom. The van der Waals surface area contributed by atoms with Crippen molar-refractivity contribution < 1.29 is 18.0 Å². The molecule has 3 heterocycles. The van der Waals surface area contributed by atoms with Gasteiger partial charge in [-0.3, -0.25) is 14.5 Å². The van der Waals surface area contributed by atoms with Crippen LogP contribution < -0.4 is 0 Å². The van der Waals surface area contributed by atoms with Crippen molar-refractivity contribution in [1.82, 2.24) is 19.7 Å². The molecule has 166 valence electrons. The van der Waals surface area contributed by atoms with Gasteiger partial charge in [0.1, 0.15) is 5.69 Å². The van der Waals surface area contributed by atoms with Gasteiger partial charge in [0.2, 0.25) is 0 Å². The van der Waals surface area contributed by atoms with Gasteiger partial charge in [-0.1, -0.05) is 0 Å². The maximum absolute atomic E-state index is 13.1. The average molecular weight is 445 g/mol. The van der Waals surface area contributed by atoms with E-state index in [1.807, 2.05) is 23.1 Å². The third-order valence-electron chi connectivity index (χ3n) is 6.61. The molecule has 1 saturated carbocycles. The summed E-state index contributed by atoms with van der Waals surface area (Å²) < 4.78 is 23.2. The van der Waals surface area contributed by atoms with Crippen molar-refractivity contribution in [2.75, 3.05) is 50.8 Å². The lowest BCUT2D eigenvalue weighted by atomic mass is 10.1. The predicted octanol–water partition coefficient (Wildman–Crippen LogP) is 1.35. The molecule has 31 heavy (non-hydrogen) atoms. The minimum atomic E-state index is -3.04. The second-order valence-electron chi connectivity index (χ2n) is 8.84. The van der Waals surface area contributed by atoms with Gasteiger partial charge in [-0.15, -0.1) is 0 Å². The Morgan fingerprint density at radius 2 is 1.61 bits per heavy atom. The third-order valence-corrected chi connectivity index (χ3v) is 8.22. The SMILES string of the molecule is O=C(c1ccc2[nH]c(C(=O)N3CCS(=O)(=O)CC3)cc2c1)N1CCCN(C2CC2)CC1. The molecule has 1 N–H and O–H groups in total. The smallest absolute Gasteiger partial charge is 0.270 e. The number of H-pyrrole nitrogens is 1. The molecule has 2 amide bonds. The first-order valence-electron chi connectivity index (χ1n) is 11.1. The van der Waals surface area contributed by atoms with Gasteiger partial charge < -0.3 is 14.8 Å². The zero-order valence-electron chi connectivity index (χ0n) is 17.5. The molecule has 9 heteroatoms. The molecule has 0 atom stereocenters. The van der Waals surface area contributed by atoms with Gasteiger partial charge in [0.15, 0.2) is 9.84 Å². The Labute approximate surface area is 182 Å². The monoisotopic (exact) mass is 444 g/mol. The first-order chi connectivity index (χ1) is 14.9. The maximum Gasteiger partial charge on any atom is 0.270 e. The molecular formula is C22H28N4O4S. The number of carbonyl (C=O) groups excluding carboxylic acids is 2. The number of hydrogen-bond acceptors (Lipinski definition) is 5. The normalized spacial score (nSPS) is 22.5. The lowest BCUT2D eigenvalue weighted by molar-refractivity contribution is 0.0755. The largest absolute Gasteiger partial charge is 0.351 e. The van der Waals surface area contributed by atoms with E-state index in [1.54, 1.807) is 11.0 Å². The minimum absolute atomic E-state index is 0.00558. The Hall–Kier alpha value is -2.39. The van der Waals surface area contributed by atoms with Gasteiger partial charge in [0.05, 0.1) is 11.5 Å². The maximum atomic E-state index is 13.1. The summed E-state index contributed by atoms with van der Waals surface area (Å²) in [5.74, 6) is -0.154. The van der Waals surface area contributed by atoms with Crippen LogP contribution in [0.15, 0.2) is 24.3 Å². The minimum Gasteiger partial charge on any atom is -0.351 e. The van der Waals surface area contributed by atoms with Crippen LogP contribution in [0.3, 0.4) is 0 Å². The number of aromatic amines is 1. The van der Waals surface area contributed by atoms with E-state index in [-0.39, 0.29) is 36.4 Å². The highest BCUT2D eigenvalue weighted by atomic mass is 32.2. The summed E-state index contributed by atoms with van der Waals surface area (Å²) in [6, 6.07) is 7.98. The summed E-state index contributed by atoms with van der Waals surface area (Å²) in [5, 5.41) is 0.813. The average Bonchev–Trinajstić information content (AvgIpc) is 3.54. The Morgan fingerprint density at radius 1 is 0.871 bits per heavy atom. The molecule has 0 unspecified atom stereocenters. The Kier molecular flexibility index (Phi) is 5.26. The number of carbonyl (C=O) groups is 2. The van der Waals surface area contributed by atoms with Crippen molar-refractivity contribution in [1.29, 1.82) is 0 Å². The molecule has 3 fully saturated rings. The molecular weight excluding hydrogens is 416 g/mol. The van der Waals surface area contributed by atoms with Crippen LogP contribution in [0.2, 0.25) is 0 Å². The first-order valence-corrected chi connectivity index (χ1v) is 12.9. The quantitative estimate of drug-likeness (QED) is 0.771. The number of fused-ring (bicyclic) bond motifs is 1. The second kappa shape index (κ2) is 7.94. The van der Waals surface area contributed by atoms with Crippen LogP contribution >= 0.6 is 0 Å². The number of rotatable bonds is 3. The van der Waals surface area contributed by atoms with E-state index in [2.05, 4.69) is 9.88 Å².